The molecule has 0 aliphatic heterocycles. The van der Waals surface area contributed by atoms with Gasteiger partial charge in [-0.05, 0) is 18.9 Å². The summed E-state index contributed by atoms with van der Waals surface area (Å²) >= 11 is 0. The van der Waals surface area contributed by atoms with Crippen LogP contribution in [0.5, 0.6) is 0 Å². The molecule has 1 rings (SSSR count). The van der Waals surface area contributed by atoms with Crippen molar-refractivity contribution in [1.82, 2.24) is 10.3 Å². The van der Waals surface area contributed by atoms with Gasteiger partial charge >= 0.3 is 5.91 Å². The average molecular weight is 278 g/mol. The number of furan rings is 1. The second-order valence-corrected chi connectivity index (χ2v) is 5.20. The first kappa shape index (κ1) is 16.2. The topological polar surface area (TPSA) is 95.3 Å². The van der Waals surface area contributed by atoms with Gasteiger partial charge in [0.2, 0.25) is 0 Å². The highest BCUT2D eigenvalue weighted by Crippen LogP contribution is 2.17. The van der Waals surface area contributed by atoms with Gasteiger partial charge in [0, 0.05) is 31.6 Å². The lowest BCUT2D eigenvalue weighted by atomic mass is 10.1. The number of nitrogens with one attached hydrogen (secondary N) is 1. The summed E-state index contributed by atoms with van der Waals surface area (Å²) in [5, 5.41) is 8.72. The first-order valence-corrected chi connectivity index (χ1v) is 6.67. The van der Waals surface area contributed by atoms with E-state index in [9.17, 15) is 4.79 Å². The molecule has 20 heavy (non-hydrogen) atoms. The Morgan fingerprint density at radius 1 is 1.60 bits per heavy atom. The van der Waals surface area contributed by atoms with Gasteiger partial charge in [0.1, 0.15) is 5.76 Å². The van der Waals surface area contributed by atoms with Gasteiger partial charge in [-0.2, -0.15) is 5.26 Å². The molecule has 0 fully saturated rings. The molecule has 3 N–H and O–H groups in total. The zero-order chi connectivity index (χ0) is 15.1. The minimum absolute atomic E-state index is 0.213. The van der Waals surface area contributed by atoms with Crippen LogP contribution in [0.2, 0.25) is 0 Å². The highest BCUT2D eigenvalue weighted by molar-refractivity contribution is 5.91. The summed E-state index contributed by atoms with van der Waals surface area (Å²) < 4.78 is 5.39. The Labute approximate surface area is 119 Å². The number of hydrogen-bond acceptors (Lipinski definition) is 5. The van der Waals surface area contributed by atoms with E-state index in [1.54, 1.807) is 6.07 Å². The van der Waals surface area contributed by atoms with E-state index in [1.807, 2.05) is 6.92 Å². The quantitative estimate of drug-likeness (QED) is 0.448. The van der Waals surface area contributed by atoms with Crippen molar-refractivity contribution < 1.29 is 9.21 Å². The number of nitriles is 1. The lowest BCUT2D eigenvalue weighted by Crippen LogP contribution is -2.29. The Morgan fingerprint density at radius 3 is 2.85 bits per heavy atom. The zero-order valence-corrected chi connectivity index (χ0v) is 12.3. The summed E-state index contributed by atoms with van der Waals surface area (Å²) in [7, 11) is 0. The van der Waals surface area contributed by atoms with Crippen LogP contribution in [0.4, 0.5) is 0 Å². The summed E-state index contributed by atoms with van der Waals surface area (Å²) in [5.74, 6) is 6.08. The van der Waals surface area contributed by atoms with Gasteiger partial charge in [-0.25, -0.2) is 5.84 Å². The van der Waals surface area contributed by atoms with Crippen LogP contribution >= 0.6 is 0 Å². The maximum Gasteiger partial charge on any atom is 0.300 e. The summed E-state index contributed by atoms with van der Waals surface area (Å²) in [5.41, 5.74) is 3.00. The molecule has 0 aliphatic carbocycles. The normalized spacial score (nSPS) is 10.8. The first-order valence-electron chi connectivity index (χ1n) is 6.67. The summed E-state index contributed by atoms with van der Waals surface area (Å²) in [6.07, 6.45) is 0.486. The number of nitrogen functional groups attached to an aromatic ring is 1. The number of nitrogens with two attached hydrogens (primary N) is 1. The number of carbonyl (C=O) groups is 1. The molecule has 1 heterocycles. The van der Waals surface area contributed by atoms with E-state index in [-0.39, 0.29) is 5.76 Å². The lowest BCUT2D eigenvalue weighted by Gasteiger charge is -2.22. The maximum atomic E-state index is 11.4. The Balaban J connectivity index is 2.79. The van der Waals surface area contributed by atoms with Gasteiger partial charge in [-0.1, -0.05) is 13.8 Å². The van der Waals surface area contributed by atoms with Gasteiger partial charge in [-0.15, -0.1) is 0 Å². The van der Waals surface area contributed by atoms with Crippen LogP contribution in [-0.2, 0) is 6.54 Å². The SMILES string of the molecule is Cc1oc(C(=O)NN)cc1CN(CCC#N)CC(C)C. The number of rotatable bonds is 7. The maximum absolute atomic E-state index is 11.4. The van der Waals surface area contributed by atoms with Crippen LogP contribution in [0.1, 0.15) is 42.1 Å². The van der Waals surface area contributed by atoms with Crippen molar-refractivity contribution >= 4 is 5.91 Å². The van der Waals surface area contributed by atoms with Crippen molar-refractivity contribution in [3.63, 3.8) is 0 Å². The van der Waals surface area contributed by atoms with Gasteiger partial charge < -0.3 is 4.42 Å². The number of hydrogen-bond donors (Lipinski definition) is 2. The van der Waals surface area contributed by atoms with E-state index in [0.29, 0.717) is 31.2 Å². The minimum atomic E-state index is -0.438. The van der Waals surface area contributed by atoms with E-state index >= 15 is 0 Å². The third-order valence-corrected chi connectivity index (χ3v) is 2.93. The number of aryl methyl sites for hydroxylation is 1. The van der Waals surface area contributed by atoms with Gasteiger partial charge in [0.15, 0.2) is 5.76 Å². The molecule has 0 spiro atoms. The van der Waals surface area contributed by atoms with Crippen LogP contribution in [0.15, 0.2) is 10.5 Å². The molecule has 1 aromatic rings. The molecular weight excluding hydrogens is 256 g/mol. The molecular formula is C14H22N4O2. The average Bonchev–Trinajstić information content (AvgIpc) is 2.76. The Morgan fingerprint density at radius 2 is 2.30 bits per heavy atom. The van der Waals surface area contributed by atoms with E-state index < -0.39 is 5.91 Å². The molecule has 0 bridgehead atoms. The lowest BCUT2D eigenvalue weighted by molar-refractivity contribution is 0.0924. The van der Waals surface area contributed by atoms with E-state index in [1.165, 1.54) is 0 Å². The molecule has 0 atom stereocenters. The molecule has 110 valence electrons. The van der Waals surface area contributed by atoms with Crippen LogP contribution in [-0.4, -0.2) is 23.9 Å². The van der Waals surface area contributed by atoms with Crippen LogP contribution in [0.3, 0.4) is 0 Å². The van der Waals surface area contributed by atoms with Gasteiger partial charge in [0.05, 0.1) is 6.07 Å². The third-order valence-electron chi connectivity index (χ3n) is 2.93. The van der Waals surface area contributed by atoms with Crippen LogP contribution < -0.4 is 11.3 Å². The number of hydrazine groups is 1. The predicted octanol–water partition coefficient (Wildman–Crippen LogP) is 1.56. The van der Waals surface area contributed by atoms with Gasteiger partial charge in [-0.3, -0.25) is 15.1 Å². The molecule has 6 nitrogen and oxygen atoms in total. The summed E-state index contributed by atoms with van der Waals surface area (Å²) in [6, 6.07) is 3.86. The van der Waals surface area contributed by atoms with Crippen molar-refractivity contribution in [3.8, 4) is 6.07 Å². The van der Waals surface area contributed by atoms with Crippen LogP contribution in [0.25, 0.3) is 0 Å². The molecule has 1 amide bonds. The molecule has 0 saturated carbocycles. The molecule has 0 unspecified atom stereocenters. The summed E-state index contributed by atoms with van der Waals surface area (Å²) in [6.45, 7) is 8.35. The van der Waals surface area contributed by atoms with Crippen molar-refractivity contribution in [2.45, 2.75) is 33.7 Å². The van der Waals surface area contributed by atoms with E-state index in [0.717, 1.165) is 12.1 Å². The largest absolute Gasteiger partial charge is 0.456 e. The molecule has 0 aliphatic rings. The summed E-state index contributed by atoms with van der Waals surface area (Å²) in [4.78, 5) is 13.6. The van der Waals surface area contributed by atoms with Crippen molar-refractivity contribution in [2.24, 2.45) is 11.8 Å². The third kappa shape index (κ3) is 4.68. The first-order chi connectivity index (χ1) is 9.47. The molecule has 0 radical (unpaired) electrons. The smallest absolute Gasteiger partial charge is 0.300 e. The van der Waals surface area contributed by atoms with E-state index in [4.69, 9.17) is 15.5 Å². The number of carbonyl (C=O) groups excluding carboxylic acids is 1. The highest BCUT2D eigenvalue weighted by atomic mass is 16.4. The standard InChI is InChI=1S/C14H22N4O2/c1-10(2)8-18(6-4-5-15)9-12-7-13(14(19)17-16)20-11(12)3/h7,10H,4,6,8-9,16H2,1-3H3,(H,17,19). The highest BCUT2D eigenvalue weighted by Gasteiger charge is 2.16. The fraction of sp³-hybridized carbons (Fsp3) is 0.571. The molecule has 1 aromatic heterocycles. The second kappa shape index (κ2) is 7.68. The Kier molecular flexibility index (Phi) is 6.22. The molecule has 0 saturated heterocycles. The van der Waals surface area contributed by atoms with Crippen LogP contribution in [0, 0.1) is 24.2 Å². The van der Waals surface area contributed by atoms with Gasteiger partial charge in [0.25, 0.3) is 0 Å². The Hall–Kier alpha value is -1.84. The predicted molar refractivity (Wildman–Crippen MR) is 75.4 cm³/mol. The monoisotopic (exact) mass is 278 g/mol. The molecule has 0 aromatic carbocycles. The fourth-order valence-corrected chi connectivity index (χ4v) is 2.06. The zero-order valence-electron chi connectivity index (χ0n) is 12.3. The van der Waals surface area contributed by atoms with Crippen molar-refractivity contribution in [3.05, 3.63) is 23.2 Å². The molecule has 6 heteroatoms. The fourth-order valence-electron chi connectivity index (χ4n) is 2.06. The Bertz CT molecular complexity index is 488. The second-order valence-electron chi connectivity index (χ2n) is 5.20. The number of nitrogens with zero attached hydrogens (tertiary/aromatic N) is 2. The van der Waals surface area contributed by atoms with E-state index in [2.05, 4.69) is 30.2 Å². The van der Waals surface area contributed by atoms with Crippen molar-refractivity contribution in [2.75, 3.05) is 13.1 Å². The minimum Gasteiger partial charge on any atom is -0.456 e. The van der Waals surface area contributed by atoms with Crippen molar-refractivity contribution in [1.29, 1.82) is 5.26 Å². The number of amides is 1.